The van der Waals surface area contributed by atoms with Crippen LogP contribution < -0.4 is 0 Å². The van der Waals surface area contributed by atoms with E-state index >= 15 is 0 Å². The van der Waals surface area contributed by atoms with Crippen LogP contribution in [0.3, 0.4) is 0 Å². The highest BCUT2D eigenvalue weighted by atomic mass is 79.9. The van der Waals surface area contributed by atoms with E-state index in [9.17, 15) is 14.9 Å². The van der Waals surface area contributed by atoms with Gasteiger partial charge in [0.2, 0.25) is 0 Å². The van der Waals surface area contributed by atoms with Crippen molar-refractivity contribution in [3.63, 3.8) is 0 Å². The molecule has 7 heteroatoms. The number of halogens is 1. The van der Waals surface area contributed by atoms with Gasteiger partial charge in [-0.25, -0.2) is 0 Å². The van der Waals surface area contributed by atoms with Crippen LogP contribution in [0.5, 0.6) is 0 Å². The minimum Gasteiger partial charge on any atom is -0.468 e. The second-order valence-electron chi connectivity index (χ2n) is 3.89. The molecular weight excluding hydrogens is 292 g/mol. The maximum Gasteiger partial charge on any atom is 0.317 e. The summed E-state index contributed by atoms with van der Waals surface area (Å²) in [5.74, 6) is -0.574. The van der Waals surface area contributed by atoms with Crippen molar-refractivity contribution in [2.75, 3.05) is 7.11 Å². The number of carbonyl (C=O) groups is 1. The van der Waals surface area contributed by atoms with Crippen LogP contribution in [0.25, 0.3) is 0 Å². The number of nitro groups is 1. The van der Waals surface area contributed by atoms with E-state index in [1.54, 1.807) is 0 Å². The topological polar surface area (TPSA) is 82.3 Å². The Bertz CT molecular complexity index is 473. The third-order valence-corrected chi connectivity index (χ3v) is 2.75. The predicted octanol–water partition coefficient (Wildman–Crippen LogP) is 2.20. The quantitative estimate of drug-likeness (QED) is 0.485. The summed E-state index contributed by atoms with van der Waals surface area (Å²) >= 11 is 3.10. The number of hydrogen-bond acceptors (Lipinski definition) is 5. The number of nitrogens with zero attached hydrogens (tertiary/aromatic N) is 2. The molecule has 0 N–H and O–H groups in total. The highest BCUT2D eigenvalue weighted by molar-refractivity contribution is 9.10. The van der Waals surface area contributed by atoms with E-state index in [4.69, 9.17) is 0 Å². The van der Waals surface area contributed by atoms with Gasteiger partial charge in [-0.05, 0) is 29.8 Å². The molecular formula is C10H11BrN2O4. The van der Waals surface area contributed by atoms with Crippen molar-refractivity contribution in [3.8, 4) is 0 Å². The zero-order valence-electron chi connectivity index (χ0n) is 9.56. The van der Waals surface area contributed by atoms with Gasteiger partial charge in [0.25, 0.3) is 5.69 Å². The first kappa shape index (κ1) is 13.6. The monoisotopic (exact) mass is 302 g/mol. The van der Waals surface area contributed by atoms with Crippen LogP contribution in [-0.4, -0.2) is 23.0 Å². The normalized spacial score (nSPS) is 11.1. The van der Waals surface area contributed by atoms with E-state index in [2.05, 4.69) is 25.7 Å². The molecule has 0 saturated heterocycles. The Balaban J connectivity index is 3.40. The van der Waals surface area contributed by atoms with E-state index < -0.39 is 16.3 Å². The first-order chi connectivity index (χ1) is 7.80. The summed E-state index contributed by atoms with van der Waals surface area (Å²) in [6.07, 6.45) is 1.41. The minimum absolute atomic E-state index is 0.0811. The predicted molar refractivity (Wildman–Crippen MR) is 63.6 cm³/mol. The van der Waals surface area contributed by atoms with Gasteiger partial charge in [0.05, 0.1) is 12.0 Å². The summed E-state index contributed by atoms with van der Waals surface area (Å²) in [5.41, 5.74) is -1.30. The molecule has 0 saturated carbocycles. The van der Waals surface area contributed by atoms with Gasteiger partial charge < -0.3 is 4.74 Å². The Morgan fingerprint density at radius 1 is 1.59 bits per heavy atom. The second-order valence-corrected chi connectivity index (χ2v) is 4.81. The number of pyridine rings is 1. The fourth-order valence-corrected chi connectivity index (χ4v) is 1.72. The van der Waals surface area contributed by atoms with Gasteiger partial charge in [0, 0.05) is 16.7 Å². The highest BCUT2D eigenvalue weighted by Gasteiger charge is 2.38. The van der Waals surface area contributed by atoms with E-state index in [0.29, 0.717) is 4.47 Å². The van der Waals surface area contributed by atoms with Crippen molar-refractivity contribution in [2.45, 2.75) is 19.3 Å². The zero-order valence-corrected chi connectivity index (χ0v) is 11.1. The fraction of sp³-hybridized carbons (Fsp3) is 0.400. The van der Waals surface area contributed by atoms with Gasteiger partial charge in [-0.2, -0.15) is 0 Å². The summed E-state index contributed by atoms with van der Waals surface area (Å²) < 4.78 is 5.10. The molecule has 0 aliphatic carbocycles. The van der Waals surface area contributed by atoms with Crippen molar-refractivity contribution in [1.82, 2.24) is 4.98 Å². The lowest BCUT2D eigenvalue weighted by Crippen LogP contribution is -2.32. The highest BCUT2D eigenvalue weighted by Crippen LogP contribution is 2.32. The Labute approximate surface area is 106 Å². The molecule has 0 atom stereocenters. The van der Waals surface area contributed by atoms with Crippen LogP contribution in [-0.2, 0) is 14.9 Å². The van der Waals surface area contributed by atoms with Crippen molar-refractivity contribution >= 4 is 27.6 Å². The number of ether oxygens (including phenoxy) is 1. The molecule has 17 heavy (non-hydrogen) atoms. The molecule has 1 aromatic heterocycles. The molecule has 0 aromatic carbocycles. The van der Waals surface area contributed by atoms with E-state index in [1.807, 2.05) is 0 Å². The lowest BCUT2D eigenvalue weighted by molar-refractivity contribution is -0.386. The van der Waals surface area contributed by atoms with Crippen LogP contribution in [0.1, 0.15) is 19.5 Å². The van der Waals surface area contributed by atoms with Gasteiger partial charge in [-0.1, -0.05) is 0 Å². The third kappa shape index (κ3) is 2.60. The summed E-state index contributed by atoms with van der Waals surface area (Å²) in [5, 5.41) is 10.9. The third-order valence-electron chi connectivity index (χ3n) is 2.32. The Morgan fingerprint density at radius 3 is 2.65 bits per heavy atom. The van der Waals surface area contributed by atoms with Crippen LogP contribution in [0.2, 0.25) is 0 Å². The SMILES string of the molecule is COC(=O)C(C)(C)c1ncc(Br)cc1[N+](=O)[O-]. The van der Waals surface area contributed by atoms with Crippen molar-refractivity contribution in [3.05, 3.63) is 32.5 Å². The maximum atomic E-state index is 11.6. The molecule has 0 unspecified atom stereocenters. The van der Waals surface area contributed by atoms with Gasteiger partial charge in [-0.15, -0.1) is 0 Å². The van der Waals surface area contributed by atoms with Crippen molar-refractivity contribution in [2.24, 2.45) is 0 Å². The molecule has 1 rings (SSSR count). The molecule has 0 bridgehead atoms. The van der Waals surface area contributed by atoms with Crippen molar-refractivity contribution in [1.29, 1.82) is 0 Å². The van der Waals surface area contributed by atoms with Gasteiger partial charge in [0.15, 0.2) is 0 Å². The van der Waals surface area contributed by atoms with Crippen LogP contribution >= 0.6 is 15.9 Å². The fourth-order valence-electron chi connectivity index (χ4n) is 1.40. The standard InChI is InChI=1S/C10H11BrN2O4/c1-10(2,9(14)17-3)8-7(13(15)16)4-6(11)5-12-8/h4-5H,1-3H3. The van der Waals surface area contributed by atoms with Crippen LogP contribution in [0.15, 0.2) is 16.7 Å². The Morgan fingerprint density at radius 2 is 2.18 bits per heavy atom. The smallest absolute Gasteiger partial charge is 0.317 e. The molecule has 0 aliphatic rings. The number of aromatic nitrogens is 1. The lowest BCUT2D eigenvalue weighted by atomic mass is 9.88. The summed E-state index contributed by atoms with van der Waals surface area (Å²) in [7, 11) is 1.23. The summed E-state index contributed by atoms with van der Waals surface area (Å²) in [4.78, 5) is 25.9. The van der Waals surface area contributed by atoms with Crippen LogP contribution in [0.4, 0.5) is 5.69 Å². The molecule has 0 fully saturated rings. The first-order valence-electron chi connectivity index (χ1n) is 4.69. The molecule has 1 heterocycles. The largest absolute Gasteiger partial charge is 0.468 e. The maximum absolute atomic E-state index is 11.6. The zero-order chi connectivity index (χ0) is 13.2. The minimum atomic E-state index is -1.17. The lowest BCUT2D eigenvalue weighted by Gasteiger charge is -2.20. The van der Waals surface area contributed by atoms with Crippen molar-refractivity contribution < 1.29 is 14.5 Å². The molecule has 1 aromatic rings. The average molecular weight is 303 g/mol. The number of methoxy groups -OCH3 is 1. The van der Waals surface area contributed by atoms with Crippen LogP contribution in [0, 0.1) is 10.1 Å². The van der Waals surface area contributed by atoms with Gasteiger partial charge in [-0.3, -0.25) is 19.9 Å². The van der Waals surface area contributed by atoms with E-state index in [1.165, 1.54) is 33.2 Å². The van der Waals surface area contributed by atoms with Gasteiger partial charge >= 0.3 is 5.97 Å². The average Bonchev–Trinajstić information content (AvgIpc) is 2.27. The van der Waals surface area contributed by atoms with E-state index in [-0.39, 0.29) is 11.4 Å². The molecule has 0 spiro atoms. The number of rotatable bonds is 3. The second kappa shape index (κ2) is 4.79. The molecule has 0 aliphatic heterocycles. The van der Waals surface area contributed by atoms with Gasteiger partial charge in [0.1, 0.15) is 11.1 Å². The van der Waals surface area contributed by atoms with E-state index in [0.717, 1.165) is 0 Å². The molecule has 0 radical (unpaired) electrons. The number of hydrogen-bond donors (Lipinski definition) is 0. The number of carbonyl (C=O) groups excluding carboxylic acids is 1. The Kier molecular flexibility index (Phi) is 3.82. The molecule has 6 nitrogen and oxygen atoms in total. The first-order valence-corrected chi connectivity index (χ1v) is 5.49. The molecule has 92 valence electrons. The number of esters is 1. The summed E-state index contributed by atoms with van der Waals surface area (Å²) in [6.45, 7) is 3.06. The Hall–Kier alpha value is -1.50. The summed E-state index contributed by atoms with van der Waals surface area (Å²) in [6, 6.07) is 1.31. The molecule has 0 amide bonds.